The highest BCUT2D eigenvalue weighted by Crippen LogP contribution is 2.43. The molecule has 3 amide bonds. The predicted molar refractivity (Wildman–Crippen MR) is 158 cm³/mol. The molecular formula is C32H49N3O7. The molecule has 4 rings (SSSR count). The van der Waals surface area contributed by atoms with Crippen molar-refractivity contribution in [2.24, 2.45) is 11.7 Å². The van der Waals surface area contributed by atoms with Crippen molar-refractivity contribution < 1.29 is 33.3 Å². The Hall–Kier alpha value is -2.69. The standard InChI is InChI=1S/C32H49N3O7/c1-21(8-11-25-18-32(20-39-32)19-26(42-25)17-29(33)36)9-12-28-22(2)16-27(24(4)41-28)34-30(37)13-10-23(3)40-31(38)35-14-6-5-7-15-35/h8-11,13,22-28H,5-7,12,14-20H2,1-4H3,(H2,33,36)(H,34,37)/t22-,23-,24+,25+,26+,27+,28-,32-/m0/s1. The van der Waals surface area contributed by atoms with Crippen molar-refractivity contribution in [2.75, 3.05) is 19.7 Å². The first kappa shape index (κ1) is 32.2. The summed E-state index contributed by atoms with van der Waals surface area (Å²) < 4.78 is 23.5. The lowest BCUT2D eigenvalue weighted by molar-refractivity contribution is -0.125. The Morgan fingerprint density at radius 2 is 1.86 bits per heavy atom. The van der Waals surface area contributed by atoms with Gasteiger partial charge in [0.25, 0.3) is 0 Å². The normalized spacial score (nSPS) is 34.5. The molecule has 42 heavy (non-hydrogen) atoms. The molecule has 0 aromatic carbocycles. The number of amides is 3. The van der Waals surface area contributed by atoms with Crippen LogP contribution >= 0.6 is 0 Å². The summed E-state index contributed by atoms with van der Waals surface area (Å²) in [6.45, 7) is 10.1. The molecule has 3 N–H and O–H groups in total. The maximum Gasteiger partial charge on any atom is 0.410 e. The highest BCUT2D eigenvalue weighted by molar-refractivity contribution is 5.87. The molecule has 0 aromatic heterocycles. The summed E-state index contributed by atoms with van der Waals surface area (Å²) in [5.74, 6) is -0.314. The van der Waals surface area contributed by atoms with E-state index in [9.17, 15) is 14.4 Å². The van der Waals surface area contributed by atoms with Crippen LogP contribution in [0.15, 0.2) is 36.0 Å². The summed E-state index contributed by atoms with van der Waals surface area (Å²) in [4.78, 5) is 38.0. The fourth-order valence-corrected chi connectivity index (χ4v) is 6.15. The molecule has 1 spiro atoms. The Kier molecular flexibility index (Phi) is 11.3. The van der Waals surface area contributed by atoms with Gasteiger partial charge in [0.1, 0.15) is 6.10 Å². The number of rotatable bonds is 10. The molecule has 0 bridgehead atoms. The highest BCUT2D eigenvalue weighted by atomic mass is 16.6. The fraction of sp³-hybridized carbons (Fsp3) is 0.719. The van der Waals surface area contributed by atoms with Crippen LogP contribution in [0.4, 0.5) is 4.79 Å². The maximum absolute atomic E-state index is 12.6. The summed E-state index contributed by atoms with van der Waals surface area (Å²) in [7, 11) is 0. The van der Waals surface area contributed by atoms with Crippen molar-refractivity contribution in [3.05, 3.63) is 36.0 Å². The fourth-order valence-electron chi connectivity index (χ4n) is 6.15. The van der Waals surface area contributed by atoms with E-state index in [2.05, 4.69) is 31.3 Å². The van der Waals surface area contributed by atoms with E-state index in [0.717, 1.165) is 63.6 Å². The molecule has 0 aliphatic carbocycles. The van der Waals surface area contributed by atoms with E-state index < -0.39 is 6.10 Å². The first-order chi connectivity index (χ1) is 20.0. The molecule has 8 atom stereocenters. The zero-order chi connectivity index (χ0) is 30.3. The molecule has 4 aliphatic heterocycles. The second-order valence-corrected chi connectivity index (χ2v) is 12.6. The molecule has 4 aliphatic rings. The molecule has 0 radical (unpaired) electrons. The van der Waals surface area contributed by atoms with Crippen LogP contribution in [-0.2, 0) is 28.5 Å². The van der Waals surface area contributed by atoms with E-state index in [1.807, 2.05) is 13.0 Å². The monoisotopic (exact) mass is 587 g/mol. The third-order valence-electron chi connectivity index (χ3n) is 8.73. The smallest absolute Gasteiger partial charge is 0.410 e. The van der Waals surface area contributed by atoms with Crippen molar-refractivity contribution in [1.82, 2.24) is 10.2 Å². The third kappa shape index (κ3) is 9.67. The van der Waals surface area contributed by atoms with Gasteiger partial charge in [-0.05, 0) is 64.9 Å². The summed E-state index contributed by atoms with van der Waals surface area (Å²) in [5, 5.41) is 3.06. The molecule has 4 heterocycles. The summed E-state index contributed by atoms with van der Waals surface area (Å²) in [6, 6.07) is -0.0988. The Balaban J connectivity index is 1.19. The summed E-state index contributed by atoms with van der Waals surface area (Å²) in [5.41, 5.74) is 6.34. The SMILES string of the molecule is CC(C=C[C@@H]1C[C@@]2(CO2)C[C@@H](CC(N)=O)O1)=CC[C@@H]1O[C@H](C)[C@H](NC(=O)C=C[C@H](C)OC(=O)N2CCCCC2)C[C@@H]1C. The molecule has 0 aromatic rings. The molecule has 0 unspecified atom stereocenters. The second kappa shape index (κ2) is 14.7. The zero-order valence-corrected chi connectivity index (χ0v) is 25.6. The number of nitrogens with one attached hydrogen (secondary N) is 1. The van der Waals surface area contributed by atoms with Gasteiger partial charge in [-0.1, -0.05) is 30.7 Å². The average Bonchev–Trinajstić information content (AvgIpc) is 3.69. The van der Waals surface area contributed by atoms with Crippen molar-refractivity contribution in [2.45, 2.75) is 121 Å². The number of nitrogens with two attached hydrogens (primary N) is 1. The molecule has 4 saturated heterocycles. The van der Waals surface area contributed by atoms with Crippen LogP contribution in [0, 0.1) is 5.92 Å². The number of hydrogen-bond acceptors (Lipinski definition) is 7. The number of carbonyl (C=O) groups is 3. The lowest BCUT2D eigenvalue weighted by atomic mass is 9.88. The number of carbonyl (C=O) groups excluding carboxylic acids is 3. The van der Waals surface area contributed by atoms with Crippen molar-refractivity contribution in [3.63, 3.8) is 0 Å². The molecule has 10 nitrogen and oxygen atoms in total. The van der Waals surface area contributed by atoms with Gasteiger partial charge in [-0.25, -0.2) is 4.79 Å². The quantitative estimate of drug-likeness (QED) is 0.225. The number of primary amides is 1. The van der Waals surface area contributed by atoms with Crippen molar-refractivity contribution >= 4 is 17.9 Å². The van der Waals surface area contributed by atoms with Gasteiger partial charge in [0, 0.05) is 32.0 Å². The Morgan fingerprint density at radius 1 is 1.12 bits per heavy atom. The number of likely N-dealkylation sites (tertiary alicyclic amines) is 1. The van der Waals surface area contributed by atoms with E-state index in [0.29, 0.717) is 6.61 Å². The minimum Gasteiger partial charge on any atom is -0.442 e. The Labute approximate surface area is 250 Å². The van der Waals surface area contributed by atoms with E-state index in [1.165, 1.54) is 6.08 Å². The Morgan fingerprint density at radius 3 is 2.55 bits per heavy atom. The summed E-state index contributed by atoms with van der Waals surface area (Å²) >= 11 is 0. The van der Waals surface area contributed by atoms with Gasteiger partial charge >= 0.3 is 6.09 Å². The number of ether oxygens (including phenoxy) is 4. The van der Waals surface area contributed by atoms with Crippen molar-refractivity contribution in [1.29, 1.82) is 0 Å². The van der Waals surface area contributed by atoms with Gasteiger partial charge in [-0.3, -0.25) is 9.59 Å². The minimum atomic E-state index is -0.484. The van der Waals surface area contributed by atoms with Crippen LogP contribution in [0.1, 0.15) is 79.1 Å². The summed E-state index contributed by atoms with van der Waals surface area (Å²) in [6.07, 6.45) is 14.6. The van der Waals surface area contributed by atoms with Gasteiger partial charge in [-0.15, -0.1) is 0 Å². The van der Waals surface area contributed by atoms with Crippen LogP contribution in [-0.4, -0.2) is 84.7 Å². The van der Waals surface area contributed by atoms with E-state index in [-0.39, 0.29) is 66.3 Å². The van der Waals surface area contributed by atoms with Crippen LogP contribution in [0.2, 0.25) is 0 Å². The lowest BCUT2D eigenvalue weighted by Crippen LogP contribution is -2.50. The minimum absolute atomic E-state index is 0.0512. The van der Waals surface area contributed by atoms with Gasteiger partial charge in [0.2, 0.25) is 11.8 Å². The van der Waals surface area contributed by atoms with Gasteiger partial charge < -0.3 is 34.9 Å². The first-order valence-electron chi connectivity index (χ1n) is 15.5. The molecule has 234 valence electrons. The van der Waals surface area contributed by atoms with Crippen LogP contribution in [0.25, 0.3) is 0 Å². The number of epoxide rings is 1. The van der Waals surface area contributed by atoms with E-state index in [1.54, 1.807) is 17.9 Å². The third-order valence-corrected chi connectivity index (χ3v) is 8.73. The van der Waals surface area contributed by atoms with E-state index >= 15 is 0 Å². The Bertz CT molecular complexity index is 1050. The number of nitrogens with zero attached hydrogens (tertiary/aromatic N) is 1. The van der Waals surface area contributed by atoms with Gasteiger partial charge in [0.05, 0.1) is 49.1 Å². The lowest BCUT2D eigenvalue weighted by Gasteiger charge is -2.39. The van der Waals surface area contributed by atoms with Crippen molar-refractivity contribution in [3.8, 4) is 0 Å². The number of allylic oxidation sites excluding steroid dienone is 2. The van der Waals surface area contributed by atoms with Gasteiger partial charge in [-0.2, -0.15) is 0 Å². The zero-order valence-electron chi connectivity index (χ0n) is 25.6. The predicted octanol–water partition coefficient (Wildman–Crippen LogP) is 3.94. The topological polar surface area (TPSA) is 133 Å². The molecule has 10 heteroatoms. The average molecular weight is 588 g/mol. The first-order valence-corrected chi connectivity index (χ1v) is 15.5. The van der Waals surface area contributed by atoms with Crippen LogP contribution in [0.3, 0.4) is 0 Å². The largest absolute Gasteiger partial charge is 0.442 e. The number of piperidine rings is 1. The van der Waals surface area contributed by atoms with Gasteiger partial charge in [0.15, 0.2) is 0 Å². The maximum atomic E-state index is 12.6. The molecule has 4 fully saturated rings. The molecule has 0 saturated carbocycles. The highest BCUT2D eigenvalue weighted by Gasteiger charge is 2.51. The van der Waals surface area contributed by atoms with Crippen LogP contribution in [0.5, 0.6) is 0 Å². The van der Waals surface area contributed by atoms with Crippen LogP contribution < -0.4 is 11.1 Å². The van der Waals surface area contributed by atoms with E-state index in [4.69, 9.17) is 24.7 Å². The molecular weight excluding hydrogens is 538 g/mol. The second-order valence-electron chi connectivity index (χ2n) is 12.6. The number of hydrogen-bond donors (Lipinski definition) is 2.